The number of nitrogens with one attached hydrogen (secondary N) is 1. The number of hydrogen-bond donors (Lipinski definition) is 2. The van der Waals surface area contributed by atoms with Crippen molar-refractivity contribution in [2.45, 2.75) is 20.4 Å². The number of carboxylic acid groups (broad SMARTS) is 1. The van der Waals surface area contributed by atoms with Crippen molar-refractivity contribution in [2.24, 2.45) is 0 Å². The Bertz CT molecular complexity index is 555. The summed E-state index contributed by atoms with van der Waals surface area (Å²) in [5.41, 5.74) is 2.44. The molecule has 0 saturated heterocycles. The number of aromatic carboxylic acids is 1. The van der Waals surface area contributed by atoms with Gasteiger partial charge in [0.15, 0.2) is 0 Å². The number of thiophene rings is 1. The third-order valence-electron chi connectivity index (χ3n) is 2.79. The van der Waals surface area contributed by atoms with E-state index in [1.54, 1.807) is 29.5 Å². The highest BCUT2D eigenvalue weighted by atomic mass is 32.1. The van der Waals surface area contributed by atoms with Gasteiger partial charge in [0, 0.05) is 22.0 Å². The predicted molar refractivity (Wildman–Crippen MR) is 74.5 cm³/mol. The van der Waals surface area contributed by atoms with Crippen molar-refractivity contribution in [1.82, 2.24) is 0 Å². The monoisotopic (exact) mass is 261 g/mol. The van der Waals surface area contributed by atoms with Crippen LogP contribution in [0.2, 0.25) is 0 Å². The number of carbonyl (C=O) groups is 1. The molecule has 3 nitrogen and oxygen atoms in total. The van der Waals surface area contributed by atoms with Gasteiger partial charge in [-0.2, -0.15) is 0 Å². The van der Waals surface area contributed by atoms with Crippen LogP contribution in [-0.2, 0) is 6.54 Å². The van der Waals surface area contributed by atoms with Crippen LogP contribution in [0.15, 0.2) is 30.3 Å². The molecule has 2 rings (SSSR count). The average molecular weight is 261 g/mol. The molecule has 0 saturated carbocycles. The van der Waals surface area contributed by atoms with E-state index in [0.29, 0.717) is 5.56 Å². The van der Waals surface area contributed by atoms with Crippen molar-refractivity contribution in [2.75, 3.05) is 5.32 Å². The first kappa shape index (κ1) is 12.6. The van der Waals surface area contributed by atoms with Gasteiger partial charge in [-0.25, -0.2) is 4.79 Å². The van der Waals surface area contributed by atoms with Gasteiger partial charge in [0.05, 0.1) is 5.56 Å². The normalized spacial score (nSPS) is 10.3. The summed E-state index contributed by atoms with van der Waals surface area (Å²) in [4.78, 5) is 13.4. The van der Waals surface area contributed by atoms with Gasteiger partial charge >= 0.3 is 5.97 Å². The van der Waals surface area contributed by atoms with E-state index in [4.69, 9.17) is 5.11 Å². The quantitative estimate of drug-likeness (QED) is 0.882. The van der Waals surface area contributed by atoms with Crippen molar-refractivity contribution >= 4 is 23.0 Å². The van der Waals surface area contributed by atoms with Gasteiger partial charge in [0.2, 0.25) is 0 Å². The molecule has 4 heteroatoms. The largest absolute Gasteiger partial charge is 0.478 e. The fourth-order valence-corrected chi connectivity index (χ4v) is 2.68. The maximum Gasteiger partial charge on any atom is 0.335 e. The first-order valence-corrected chi connectivity index (χ1v) is 6.51. The zero-order valence-corrected chi connectivity index (χ0v) is 11.2. The first-order chi connectivity index (χ1) is 8.56. The molecule has 0 amide bonds. The molecule has 0 bridgehead atoms. The summed E-state index contributed by atoms with van der Waals surface area (Å²) in [5, 5.41) is 12.2. The van der Waals surface area contributed by atoms with E-state index in [2.05, 4.69) is 25.2 Å². The van der Waals surface area contributed by atoms with Gasteiger partial charge < -0.3 is 10.4 Å². The van der Waals surface area contributed by atoms with Crippen molar-refractivity contribution in [1.29, 1.82) is 0 Å². The molecular formula is C14H15NO2S. The predicted octanol–water partition coefficient (Wildman–Crippen LogP) is 3.68. The molecule has 0 unspecified atom stereocenters. The second kappa shape index (κ2) is 5.23. The molecule has 0 aliphatic carbocycles. The highest BCUT2D eigenvalue weighted by molar-refractivity contribution is 7.12. The van der Waals surface area contributed by atoms with Gasteiger partial charge in [-0.05, 0) is 43.7 Å². The van der Waals surface area contributed by atoms with E-state index in [-0.39, 0.29) is 0 Å². The van der Waals surface area contributed by atoms with Crippen LogP contribution in [0.4, 0.5) is 5.69 Å². The number of anilines is 1. The number of benzene rings is 1. The molecule has 1 aromatic heterocycles. The van der Waals surface area contributed by atoms with Crippen LogP contribution >= 0.6 is 11.3 Å². The smallest absolute Gasteiger partial charge is 0.335 e. The minimum atomic E-state index is -0.901. The SMILES string of the molecule is Cc1cc(CNc2cccc(C(=O)O)c2)sc1C. The number of aryl methyl sites for hydroxylation is 2. The fourth-order valence-electron chi connectivity index (χ4n) is 1.69. The van der Waals surface area contributed by atoms with Gasteiger partial charge in [-0.1, -0.05) is 6.07 Å². The lowest BCUT2D eigenvalue weighted by Gasteiger charge is -2.05. The van der Waals surface area contributed by atoms with Gasteiger partial charge in [-0.3, -0.25) is 0 Å². The lowest BCUT2D eigenvalue weighted by Crippen LogP contribution is -2.00. The molecule has 0 radical (unpaired) electrons. The highest BCUT2D eigenvalue weighted by Crippen LogP contribution is 2.21. The van der Waals surface area contributed by atoms with Crippen molar-refractivity contribution in [3.8, 4) is 0 Å². The summed E-state index contributed by atoms with van der Waals surface area (Å²) >= 11 is 1.77. The molecule has 18 heavy (non-hydrogen) atoms. The van der Waals surface area contributed by atoms with Gasteiger partial charge in [-0.15, -0.1) is 11.3 Å². The summed E-state index contributed by atoms with van der Waals surface area (Å²) in [6.07, 6.45) is 0. The molecule has 2 N–H and O–H groups in total. The third-order valence-corrected chi connectivity index (χ3v) is 3.95. The van der Waals surface area contributed by atoms with E-state index >= 15 is 0 Å². The summed E-state index contributed by atoms with van der Waals surface area (Å²) in [5.74, 6) is -0.901. The van der Waals surface area contributed by atoms with E-state index < -0.39 is 5.97 Å². The summed E-state index contributed by atoms with van der Waals surface area (Å²) < 4.78 is 0. The standard InChI is InChI=1S/C14H15NO2S/c1-9-6-13(18-10(9)2)8-15-12-5-3-4-11(7-12)14(16)17/h3-7,15H,8H2,1-2H3,(H,16,17). The second-order valence-electron chi connectivity index (χ2n) is 4.19. The summed E-state index contributed by atoms with van der Waals surface area (Å²) in [7, 11) is 0. The Kier molecular flexibility index (Phi) is 3.67. The highest BCUT2D eigenvalue weighted by Gasteiger charge is 2.04. The maximum atomic E-state index is 10.8. The molecular weight excluding hydrogens is 246 g/mol. The van der Waals surface area contributed by atoms with Crippen LogP contribution < -0.4 is 5.32 Å². The van der Waals surface area contributed by atoms with Crippen molar-refractivity contribution in [3.63, 3.8) is 0 Å². The molecule has 1 heterocycles. The summed E-state index contributed by atoms with van der Waals surface area (Å²) in [6.45, 7) is 4.93. The molecule has 2 aromatic rings. The molecule has 0 aliphatic heterocycles. The van der Waals surface area contributed by atoms with Crippen LogP contribution in [0.3, 0.4) is 0 Å². The van der Waals surface area contributed by atoms with Crippen molar-refractivity contribution in [3.05, 3.63) is 51.2 Å². The van der Waals surface area contributed by atoms with Gasteiger partial charge in [0.25, 0.3) is 0 Å². The van der Waals surface area contributed by atoms with Gasteiger partial charge in [0.1, 0.15) is 0 Å². The Morgan fingerprint density at radius 1 is 1.33 bits per heavy atom. The Labute approximate surface area is 110 Å². The first-order valence-electron chi connectivity index (χ1n) is 5.69. The zero-order chi connectivity index (χ0) is 13.1. The number of carboxylic acids is 1. The van der Waals surface area contributed by atoms with Crippen LogP contribution in [0.25, 0.3) is 0 Å². The lowest BCUT2D eigenvalue weighted by atomic mass is 10.2. The number of rotatable bonds is 4. The molecule has 0 aliphatic rings. The molecule has 94 valence electrons. The zero-order valence-electron chi connectivity index (χ0n) is 10.4. The second-order valence-corrected chi connectivity index (χ2v) is 5.53. The van der Waals surface area contributed by atoms with E-state index in [1.165, 1.54) is 15.3 Å². The van der Waals surface area contributed by atoms with Crippen molar-refractivity contribution < 1.29 is 9.90 Å². The topological polar surface area (TPSA) is 49.3 Å². The fraction of sp³-hybridized carbons (Fsp3) is 0.214. The summed E-state index contributed by atoms with van der Waals surface area (Å²) in [6, 6.07) is 9.02. The Morgan fingerprint density at radius 2 is 2.11 bits per heavy atom. The Hall–Kier alpha value is -1.81. The van der Waals surface area contributed by atoms with Crippen LogP contribution in [0, 0.1) is 13.8 Å². The van der Waals surface area contributed by atoms with Crippen LogP contribution in [0.1, 0.15) is 25.7 Å². The van der Waals surface area contributed by atoms with Crippen LogP contribution in [0.5, 0.6) is 0 Å². The van der Waals surface area contributed by atoms with Crippen LogP contribution in [-0.4, -0.2) is 11.1 Å². The minimum Gasteiger partial charge on any atom is -0.478 e. The molecule has 1 aromatic carbocycles. The van der Waals surface area contributed by atoms with E-state index in [1.807, 2.05) is 6.07 Å². The Balaban J connectivity index is 2.06. The average Bonchev–Trinajstić information content (AvgIpc) is 2.67. The minimum absolute atomic E-state index is 0.304. The maximum absolute atomic E-state index is 10.8. The number of hydrogen-bond acceptors (Lipinski definition) is 3. The molecule has 0 fully saturated rings. The van der Waals surface area contributed by atoms with E-state index in [9.17, 15) is 4.79 Å². The lowest BCUT2D eigenvalue weighted by molar-refractivity contribution is 0.0697. The molecule has 0 atom stereocenters. The Morgan fingerprint density at radius 3 is 2.72 bits per heavy atom. The van der Waals surface area contributed by atoms with E-state index in [0.717, 1.165) is 12.2 Å². The third kappa shape index (κ3) is 2.90. The molecule has 0 spiro atoms.